The summed E-state index contributed by atoms with van der Waals surface area (Å²) in [6, 6.07) is 13.4. The summed E-state index contributed by atoms with van der Waals surface area (Å²) in [5.74, 6) is 0.918. The van der Waals surface area contributed by atoms with E-state index in [0.29, 0.717) is 31.1 Å². The minimum atomic E-state index is -0.0744. The molecule has 3 aromatic rings. The number of carbonyl (C=O) groups excluding carboxylic acids is 1. The van der Waals surface area contributed by atoms with Crippen molar-refractivity contribution in [2.24, 2.45) is 0 Å². The van der Waals surface area contributed by atoms with E-state index in [1.165, 1.54) is 0 Å². The van der Waals surface area contributed by atoms with E-state index in [-0.39, 0.29) is 5.91 Å². The highest BCUT2D eigenvalue weighted by Crippen LogP contribution is 2.17. The predicted molar refractivity (Wildman–Crippen MR) is 96.9 cm³/mol. The second kappa shape index (κ2) is 8.00. The number of benzene rings is 1. The van der Waals surface area contributed by atoms with Gasteiger partial charge in [0.2, 0.25) is 17.6 Å². The highest BCUT2D eigenvalue weighted by atomic mass is 127. The molecule has 1 N–H and O–H groups in total. The van der Waals surface area contributed by atoms with Crippen LogP contribution in [-0.2, 0) is 17.8 Å². The summed E-state index contributed by atoms with van der Waals surface area (Å²) in [5, 5.41) is 6.78. The first kappa shape index (κ1) is 16.6. The van der Waals surface area contributed by atoms with Gasteiger partial charge in [-0.25, -0.2) is 0 Å². The van der Waals surface area contributed by atoms with Crippen LogP contribution in [0.2, 0.25) is 0 Å². The molecule has 7 heteroatoms. The Morgan fingerprint density at radius 3 is 2.75 bits per heavy atom. The van der Waals surface area contributed by atoms with Crippen LogP contribution in [0.5, 0.6) is 0 Å². The van der Waals surface area contributed by atoms with Gasteiger partial charge >= 0.3 is 0 Å². The molecule has 0 saturated carbocycles. The fraction of sp³-hybridized carbons (Fsp3) is 0.176. The van der Waals surface area contributed by atoms with Crippen LogP contribution >= 0.6 is 22.6 Å². The van der Waals surface area contributed by atoms with Gasteiger partial charge in [-0.15, -0.1) is 0 Å². The van der Waals surface area contributed by atoms with Gasteiger partial charge in [0, 0.05) is 28.2 Å². The summed E-state index contributed by atoms with van der Waals surface area (Å²) >= 11 is 2.24. The smallest absolute Gasteiger partial charge is 0.227 e. The standard InChI is InChI=1S/C17H15IN4O2/c18-13-6-4-12(5-7-13)17-21-16(24-22-17)9-8-15(23)20-11-14-3-1-2-10-19-14/h1-7,10H,8-9,11H2,(H,20,23). The van der Waals surface area contributed by atoms with Crippen molar-refractivity contribution in [3.8, 4) is 11.4 Å². The third kappa shape index (κ3) is 4.60. The Morgan fingerprint density at radius 1 is 1.17 bits per heavy atom. The van der Waals surface area contributed by atoms with Gasteiger partial charge in [-0.2, -0.15) is 4.98 Å². The molecule has 0 radical (unpaired) electrons. The van der Waals surface area contributed by atoms with E-state index in [1.807, 2.05) is 42.5 Å². The normalized spacial score (nSPS) is 10.5. The summed E-state index contributed by atoms with van der Waals surface area (Å²) in [6.45, 7) is 0.414. The maximum Gasteiger partial charge on any atom is 0.227 e. The molecule has 0 aliphatic rings. The Kier molecular flexibility index (Phi) is 5.52. The lowest BCUT2D eigenvalue weighted by molar-refractivity contribution is -0.121. The second-order valence-corrected chi connectivity index (χ2v) is 6.36. The van der Waals surface area contributed by atoms with Crippen molar-refractivity contribution in [3.63, 3.8) is 0 Å². The van der Waals surface area contributed by atoms with Crippen molar-refractivity contribution in [3.05, 3.63) is 63.8 Å². The van der Waals surface area contributed by atoms with Crippen LogP contribution in [0.15, 0.2) is 53.2 Å². The van der Waals surface area contributed by atoms with Crippen molar-refractivity contribution < 1.29 is 9.32 Å². The Hall–Kier alpha value is -2.29. The number of pyridine rings is 1. The van der Waals surface area contributed by atoms with E-state index in [4.69, 9.17) is 4.52 Å². The van der Waals surface area contributed by atoms with Crippen LogP contribution in [0.1, 0.15) is 18.0 Å². The maximum absolute atomic E-state index is 11.9. The molecule has 2 heterocycles. The largest absolute Gasteiger partial charge is 0.350 e. The quantitative estimate of drug-likeness (QED) is 0.604. The zero-order valence-electron chi connectivity index (χ0n) is 12.8. The maximum atomic E-state index is 11.9. The van der Waals surface area contributed by atoms with Crippen molar-refractivity contribution in [2.75, 3.05) is 0 Å². The van der Waals surface area contributed by atoms with Gasteiger partial charge in [-0.3, -0.25) is 9.78 Å². The van der Waals surface area contributed by atoms with E-state index in [0.717, 1.165) is 14.8 Å². The molecular weight excluding hydrogens is 419 g/mol. The van der Waals surface area contributed by atoms with Crippen LogP contribution in [0, 0.1) is 3.57 Å². The molecule has 1 aromatic carbocycles. The topological polar surface area (TPSA) is 80.9 Å². The first-order valence-corrected chi connectivity index (χ1v) is 8.54. The number of amides is 1. The summed E-state index contributed by atoms with van der Waals surface area (Å²) < 4.78 is 6.35. The third-order valence-corrected chi connectivity index (χ3v) is 4.05. The van der Waals surface area contributed by atoms with Crippen LogP contribution in [0.4, 0.5) is 0 Å². The van der Waals surface area contributed by atoms with Gasteiger partial charge in [0.15, 0.2) is 0 Å². The number of aromatic nitrogens is 3. The summed E-state index contributed by atoms with van der Waals surface area (Å²) in [7, 11) is 0. The number of hydrogen-bond acceptors (Lipinski definition) is 5. The first-order valence-electron chi connectivity index (χ1n) is 7.46. The number of nitrogens with one attached hydrogen (secondary N) is 1. The van der Waals surface area contributed by atoms with Crippen molar-refractivity contribution in [1.82, 2.24) is 20.4 Å². The van der Waals surface area contributed by atoms with Gasteiger partial charge in [0.05, 0.1) is 12.2 Å². The van der Waals surface area contributed by atoms with Gasteiger partial charge in [0.1, 0.15) is 0 Å². The van der Waals surface area contributed by atoms with Crippen LogP contribution < -0.4 is 5.32 Å². The molecule has 24 heavy (non-hydrogen) atoms. The molecule has 0 spiro atoms. The molecule has 6 nitrogen and oxygen atoms in total. The molecule has 0 bridgehead atoms. The van der Waals surface area contributed by atoms with E-state index in [1.54, 1.807) is 6.20 Å². The van der Waals surface area contributed by atoms with Crippen molar-refractivity contribution in [1.29, 1.82) is 0 Å². The summed E-state index contributed by atoms with van der Waals surface area (Å²) in [4.78, 5) is 20.4. The fourth-order valence-electron chi connectivity index (χ4n) is 2.07. The minimum Gasteiger partial charge on any atom is -0.350 e. The minimum absolute atomic E-state index is 0.0744. The lowest BCUT2D eigenvalue weighted by atomic mass is 10.2. The Balaban J connectivity index is 1.50. The van der Waals surface area contributed by atoms with Gasteiger partial charge in [0.25, 0.3) is 0 Å². The summed E-state index contributed by atoms with van der Waals surface area (Å²) in [6.07, 6.45) is 2.40. The molecular formula is C17H15IN4O2. The number of hydrogen-bond donors (Lipinski definition) is 1. The highest BCUT2D eigenvalue weighted by Gasteiger charge is 2.10. The van der Waals surface area contributed by atoms with Gasteiger partial charge in [-0.05, 0) is 46.9 Å². The average molecular weight is 434 g/mol. The number of rotatable bonds is 6. The van der Waals surface area contributed by atoms with Crippen molar-refractivity contribution >= 4 is 28.5 Å². The van der Waals surface area contributed by atoms with Gasteiger partial charge < -0.3 is 9.84 Å². The predicted octanol–water partition coefficient (Wildman–Crippen LogP) is 2.99. The van der Waals surface area contributed by atoms with Gasteiger partial charge in [-0.1, -0.05) is 23.4 Å². The Morgan fingerprint density at radius 2 is 2.00 bits per heavy atom. The molecule has 122 valence electrons. The average Bonchev–Trinajstić information content (AvgIpc) is 3.09. The van der Waals surface area contributed by atoms with Crippen LogP contribution in [0.3, 0.4) is 0 Å². The van der Waals surface area contributed by atoms with E-state index in [2.05, 4.69) is 43.0 Å². The monoisotopic (exact) mass is 434 g/mol. The SMILES string of the molecule is O=C(CCc1nc(-c2ccc(I)cc2)no1)NCc1ccccn1. The van der Waals surface area contributed by atoms with Crippen LogP contribution in [-0.4, -0.2) is 21.0 Å². The molecule has 1 amide bonds. The molecule has 0 aliphatic heterocycles. The van der Waals surface area contributed by atoms with E-state index < -0.39 is 0 Å². The Labute approximate surface area is 152 Å². The molecule has 3 rings (SSSR count). The zero-order valence-corrected chi connectivity index (χ0v) is 14.9. The third-order valence-electron chi connectivity index (χ3n) is 3.33. The van der Waals surface area contributed by atoms with E-state index in [9.17, 15) is 4.79 Å². The lowest BCUT2D eigenvalue weighted by Crippen LogP contribution is -2.23. The molecule has 0 fully saturated rings. The van der Waals surface area contributed by atoms with E-state index >= 15 is 0 Å². The number of nitrogens with zero attached hydrogens (tertiary/aromatic N) is 3. The number of halogens is 1. The zero-order chi connectivity index (χ0) is 16.8. The Bertz CT molecular complexity index is 803. The molecule has 0 saturated heterocycles. The molecule has 0 atom stereocenters. The first-order chi connectivity index (χ1) is 11.7. The molecule has 0 unspecified atom stereocenters. The number of aryl methyl sites for hydroxylation is 1. The fourth-order valence-corrected chi connectivity index (χ4v) is 2.43. The summed E-state index contributed by atoms with van der Waals surface area (Å²) in [5.41, 5.74) is 1.72. The second-order valence-electron chi connectivity index (χ2n) is 5.12. The lowest BCUT2D eigenvalue weighted by Gasteiger charge is -2.03. The van der Waals surface area contributed by atoms with Crippen LogP contribution in [0.25, 0.3) is 11.4 Å². The van der Waals surface area contributed by atoms with Crippen molar-refractivity contribution in [2.45, 2.75) is 19.4 Å². The molecule has 2 aromatic heterocycles. The number of carbonyl (C=O) groups is 1. The highest BCUT2D eigenvalue weighted by molar-refractivity contribution is 14.1. The molecule has 0 aliphatic carbocycles.